The molecule has 0 radical (unpaired) electrons. The molecule has 5 aliphatic rings. The number of carbonyl (C=O) groups is 2. The van der Waals surface area contributed by atoms with Crippen molar-refractivity contribution in [3.8, 4) is 11.5 Å². The van der Waals surface area contributed by atoms with Gasteiger partial charge < -0.3 is 14.4 Å². The van der Waals surface area contributed by atoms with Gasteiger partial charge in [0.05, 0.1) is 12.5 Å². The number of nitrogens with zero attached hydrogens (tertiary/aromatic N) is 1. The minimum atomic E-state index is -0.396. The number of amides is 1. The Labute approximate surface area is 152 Å². The Morgan fingerprint density at radius 1 is 1.31 bits per heavy atom. The Morgan fingerprint density at radius 3 is 2.92 bits per heavy atom. The van der Waals surface area contributed by atoms with E-state index in [4.69, 9.17) is 9.47 Å². The zero-order valence-electron chi connectivity index (χ0n) is 15.0. The molecule has 0 N–H and O–H groups in total. The molecule has 1 saturated heterocycles. The van der Waals surface area contributed by atoms with Gasteiger partial charge >= 0.3 is 0 Å². The van der Waals surface area contributed by atoms with Crippen LogP contribution in [-0.4, -0.2) is 42.4 Å². The van der Waals surface area contributed by atoms with Crippen LogP contribution in [0.15, 0.2) is 12.1 Å². The third-order valence-electron chi connectivity index (χ3n) is 7.52. The fourth-order valence-electron chi connectivity index (χ4n) is 6.32. The quantitative estimate of drug-likeness (QED) is 0.818. The van der Waals surface area contributed by atoms with E-state index in [1.807, 2.05) is 6.07 Å². The number of ether oxygens (including phenoxy) is 2. The van der Waals surface area contributed by atoms with Gasteiger partial charge in [-0.1, -0.05) is 6.07 Å². The highest BCUT2D eigenvalue weighted by molar-refractivity contribution is 5.89. The molecule has 5 heteroatoms. The Bertz CT molecular complexity index is 845. The molecule has 6 rings (SSSR count). The van der Waals surface area contributed by atoms with Crippen LogP contribution in [0.5, 0.6) is 11.5 Å². The molecule has 1 aromatic carbocycles. The number of ketones is 1. The van der Waals surface area contributed by atoms with Crippen molar-refractivity contribution >= 4 is 11.7 Å². The first-order valence-electron chi connectivity index (χ1n) is 9.85. The predicted molar refractivity (Wildman–Crippen MR) is 93.4 cm³/mol. The first kappa shape index (κ1) is 15.1. The van der Waals surface area contributed by atoms with E-state index in [0.29, 0.717) is 18.2 Å². The third kappa shape index (κ3) is 1.63. The summed E-state index contributed by atoms with van der Waals surface area (Å²) in [4.78, 5) is 27.9. The Kier molecular flexibility index (Phi) is 2.79. The molecule has 3 aliphatic carbocycles. The normalized spacial score (nSPS) is 36.4. The average Bonchev–Trinajstić information content (AvgIpc) is 3.43. The lowest BCUT2D eigenvalue weighted by molar-refractivity contribution is -0.149. The molecular weight excluding hydrogens is 330 g/mol. The summed E-state index contributed by atoms with van der Waals surface area (Å²) in [7, 11) is 1.66. The molecule has 1 amide bonds. The molecule has 3 fully saturated rings. The highest BCUT2D eigenvalue weighted by atomic mass is 16.5. The highest BCUT2D eigenvalue weighted by Crippen LogP contribution is 2.63. The number of methoxy groups -OCH3 is 1. The summed E-state index contributed by atoms with van der Waals surface area (Å²) in [6.07, 6.45) is 4.82. The van der Waals surface area contributed by atoms with Crippen LogP contribution in [0.25, 0.3) is 0 Å². The van der Waals surface area contributed by atoms with Gasteiger partial charge in [0.15, 0.2) is 23.4 Å². The molecule has 2 bridgehead atoms. The molecule has 0 aromatic heterocycles. The lowest BCUT2D eigenvalue weighted by atomic mass is 9.51. The summed E-state index contributed by atoms with van der Waals surface area (Å²) in [5.74, 6) is 2.65. The Hall–Kier alpha value is -2.04. The zero-order chi connectivity index (χ0) is 17.6. The highest BCUT2D eigenvalue weighted by Gasteiger charge is 2.66. The molecule has 2 heterocycles. The number of rotatable bonds is 2. The summed E-state index contributed by atoms with van der Waals surface area (Å²) >= 11 is 0. The molecule has 2 aliphatic heterocycles. The molecule has 136 valence electrons. The van der Waals surface area contributed by atoms with Crippen LogP contribution in [-0.2, 0) is 21.4 Å². The maximum Gasteiger partial charge on any atom is 0.225 e. The van der Waals surface area contributed by atoms with E-state index in [2.05, 4.69) is 11.0 Å². The third-order valence-corrected chi connectivity index (χ3v) is 7.52. The molecule has 5 nitrogen and oxygen atoms in total. The lowest BCUT2D eigenvalue weighted by Crippen LogP contribution is -2.67. The van der Waals surface area contributed by atoms with Crippen LogP contribution < -0.4 is 9.47 Å². The van der Waals surface area contributed by atoms with Crippen LogP contribution in [0.1, 0.15) is 43.2 Å². The first-order chi connectivity index (χ1) is 12.6. The Balaban J connectivity index is 1.54. The molecule has 2 unspecified atom stereocenters. The van der Waals surface area contributed by atoms with Crippen molar-refractivity contribution in [1.29, 1.82) is 0 Å². The van der Waals surface area contributed by atoms with Gasteiger partial charge in [-0.3, -0.25) is 9.59 Å². The summed E-state index contributed by atoms with van der Waals surface area (Å²) in [5, 5.41) is 0. The van der Waals surface area contributed by atoms with Crippen LogP contribution in [0, 0.1) is 11.8 Å². The maximum atomic E-state index is 12.9. The van der Waals surface area contributed by atoms with Crippen molar-refractivity contribution in [2.75, 3.05) is 13.7 Å². The largest absolute Gasteiger partial charge is 0.493 e. The van der Waals surface area contributed by atoms with Crippen molar-refractivity contribution in [1.82, 2.24) is 4.90 Å². The molecule has 2 saturated carbocycles. The number of carbonyl (C=O) groups excluding carboxylic acids is 2. The fourth-order valence-corrected chi connectivity index (χ4v) is 6.32. The smallest absolute Gasteiger partial charge is 0.225 e. The van der Waals surface area contributed by atoms with Crippen LogP contribution in [0.3, 0.4) is 0 Å². The van der Waals surface area contributed by atoms with Gasteiger partial charge in [0, 0.05) is 30.5 Å². The monoisotopic (exact) mass is 353 g/mol. The number of hydrogen-bond donors (Lipinski definition) is 0. The van der Waals surface area contributed by atoms with Gasteiger partial charge in [-0.05, 0) is 49.7 Å². The van der Waals surface area contributed by atoms with Gasteiger partial charge in [0.25, 0.3) is 0 Å². The minimum absolute atomic E-state index is 0.211. The molecule has 4 atom stereocenters. The van der Waals surface area contributed by atoms with Crippen molar-refractivity contribution < 1.29 is 19.1 Å². The van der Waals surface area contributed by atoms with Gasteiger partial charge in [-0.25, -0.2) is 0 Å². The summed E-state index contributed by atoms with van der Waals surface area (Å²) in [6.45, 7) is 0.750. The summed E-state index contributed by atoms with van der Waals surface area (Å²) < 4.78 is 11.8. The second-order valence-corrected chi connectivity index (χ2v) is 8.61. The van der Waals surface area contributed by atoms with Gasteiger partial charge in [-0.2, -0.15) is 0 Å². The second kappa shape index (κ2) is 4.81. The van der Waals surface area contributed by atoms with E-state index in [1.165, 1.54) is 11.1 Å². The Morgan fingerprint density at radius 2 is 2.15 bits per heavy atom. The number of likely N-dealkylation sites (tertiary alicyclic amines) is 1. The summed E-state index contributed by atoms with van der Waals surface area (Å²) in [6, 6.07) is 4.29. The lowest BCUT2D eigenvalue weighted by Gasteiger charge is -2.57. The molecule has 1 aromatic rings. The van der Waals surface area contributed by atoms with Crippen molar-refractivity contribution in [3.63, 3.8) is 0 Å². The van der Waals surface area contributed by atoms with Crippen LogP contribution in [0.2, 0.25) is 0 Å². The number of Topliss-reactive ketones (excluding diaryl/α,β-unsaturated/α-hetero) is 1. The summed E-state index contributed by atoms with van der Waals surface area (Å²) in [5.41, 5.74) is 2.21. The van der Waals surface area contributed by atoms with E-state index in [1.54, 1.807) is 7.11 Å². The van der Waals surface area contributed by atoms with Crippen LogP contribution >= 0.6 is 0 Å². The fraction of sp³-hybridized carbons (Fsp3) is 0.619. The van der Waals surface area contributed by atoms with E-state index in [0.717, 1.165) is 50.1 Å². The van der Waals surface area contributed by atoms with E-state index in [-0.39, 0.29) is 23.2 Å². The van der Waals surface area contributed by atoms with Crippen molar-refractivity contribution in [2.24, 2.45) is 11.8 Å². The maximum absolute atomic E-state index is 12.9. The first-order valence-corrected chi connectivity index (χ1v) is 9.85. The topological polar surface area (TPSA) is 55.8 Å². The van der Waals surface area contributed by atoms with Gasteiger partial charge in [0.2, 0.25) is 5.91 Å². The predicted octanol–water partition coefficient (Wildman–Crippen LogP) is 2.24. The average molecular weight is 353 g/mol. The number of piperidine rings is 1. The second-order valence-electron chi connectivity index (χ2n) is 8.61. The zero-order valence-corrected chi connectivity index (χ0v) is 15.0. The van der Waals surface area contributed by atoms with Gasteiger partial charge in [0.1, 0.15) is 0 Å². The van der Waals surface area contributed by atoms with Crippen molar-refractivity contribution in [2.45, 2.75) is 56.1 Å². The molecular formula is C21H23NO4. The molecule has 1 spiro atoms. The SMILES string of the molecule is COc1ccc2c3c1OC1C(=O)CC[C@@H]4[C@H](C2)N(C(=O)C2CC2)CCC314. The van der Waals surface area contributed by atoms with E-state index < -0.39 is 6.10 Å². The van der Waals surface area contributed by atoms with E-state index in [9.17, 15) is 9.59 Å². The number of hydrogen-bond acceptors (Lipinski definition) is 4. The molecule has 26 heavy (non-hydrogen) atoms. The standard InChI is InChI=1S/C21H23NO4/c1-25-16-7-4-12-10-14-13-5-6-15(23)19-21(13,17(12)18(16)26-19)8-9-22(14)20(24)11-2-3-11/h4,7,11,13-14,19H,2-3,5-6,8-10H2,1H3/t13-,14+,19?,21?/m1/s1. The van der Waals surface area contributed by atoms with Gasteiger partial charge in [-0.15, -0.1) is 0 Å². The van der Waals surface area contributed by atoms with E-state index >= 15 is 0 Å². The number of benzene rings is 1. The minimum Gasteiger partial charge on any atom is -0.493 e. The van der Waals surface area contributed by atoms with Crippen molar-refractivity contribution in [3.05, 3.63) is 23.3 Å². The van der Waals surface area contributed by atoms with Crippen LogP contribution in [0.4, 0.5) is 0 Å².